The van der Waals surface area contributed by atoms with E-state index < -0.39 is 21.8 Å². The minimum absolute atomic E-state index is 0.0172. The van der Waals surface area contributed by atoms with E-state index in [1.54, 1.807) is 12.1 Å². The summed E-state index contributed by atoms with van der Waals surface area (Å²) in [5.41, 5.74) is 0.965. The molecule has 0 spiro atoms. The van der Waals surface area contributed by atoms with Crippen LogP contribution < -0.4 is 4.74 Å². The first-order chi connectivity index (χ1) is 11.9. The summed E-state index contributed by atoms with van der Waals surface area (Å²) in [6, 6.07) is 9.42. The largest absolute Gasteiger partial charge is 0.492 e. The van der Waals surface area contributed by atoms with Crippen molar-refractivity contribution in [1.29, 1.82) is 0 Å². The molecule has 0 aliphatic carbocycles. The topological polar surface area (TPSA) is 72.9 Å². The molecule has 25 heavy (non-hydrogen) atoms. The third kappa shape index (κ3) is 3.49. The predicted octanol–water partition coefficient (Wildman–Crippen LogP) is 2.20. The van der Waals surface area contributed by atoms with Crippen LogP contribution in [0, 0.1) is 5.82 Å². The van der Waals surface area contributed by atoms with E-state index >= 15 is 0 Å². The molecule has 132 valence electrons. The van der Waals surface area contributed by atoms with Crippen molar-refractivity contribution in [3.05, 3.63) is 59.4 Å². The number of rotatable bonds is 3. The van der Waals surface area contributed by atoms with E-state index in [1.807, 2.05) is 0 Å². The minimum atomic E-state index is -3.78. The molecule has 0 aromatic heterocycles. The van der Waals surface area contributed by atoms with Gasteiger partial charge in [0.15, 0.2) is 0 Å². The normalized spacial score (nSPS) is 15.0. The third-order valence-electron chi connectivity index (χ3n) is 3.88. The lowest BCUT2D eigenvalue weighted by atomic mass is 10.1. The summed E-state index contributed by atoms with van der Waals surface area (Å²) in [4.78, 5) is 11.6. The number of methoxy groups -OCH3 is 1. The van der Waals surface area contributed by atoms with Crippen LogP contribution in [0.3, 0.4) is 0 Å². The van der Waals surface area contributed by atoms with E-state index in [1.165, 1.54) is 29.6 Å². The summed E-state index contributed by atoms with van der Waals surface area (Å²) in [7, 11) is -2.50. The predicted molar refractivity (Wildman–Crippen MR) is 87.3 cm³/mol. The molecule has 0 saturated heterocycles. The Kier molecular flexibility index (Phi) is 4.73. The zero-order valence-corrected chi connectivity index (χ0v) is 14.3. The zero-order chi connectivity index (χ0) is 18.0. The number of nitrogens with zero attached hydrogens (tertiary/aromatic N) is 1. The molecule has 2 aromatic rings. The average molecular weight is 365 g/mol. The Labute approximate surface area is 144 Å². The zero-order valence-electron chi connectivity index (χ0n) is 13.4. The lowest BCUT2D eigenvalue weighted by Crippen LogP contribution is -2.32. The molecule has 0 fully saturated rings. The number of ether oxygens (including phenoxy) is 2. The number of fused-ring (bicyclic) bond motifs is 1. The molecule has 0 N–H and O–H groups in total. The van der Waals surface area contributed by atoms with Crippen molar-refractivity contribution in [2.75, 3.05) is 20.3 Å². The van der Waals surface area contributed by atoms with E-state index in [0.717, 1.165) is 12.1 Å². The second-order valence-electron chi connectivity index (χ2n) is 5.46. The van der Waals surface area contributed by atoms with Crippen LogP contribution in [0.15, 0.2) is 47.4 Å². The average Bonchev–Trinajstić information content (AvgIpc) is 2.83. The molecular formula is C17H16FNO5S. The van der Waals surface area contributed by atoms with Gasteiger partial charge in [-0.05, 0) is 36.4 Å². The van der Waals surface area contributed by atoms with Gasteiger partial charge in [-0.25, -0.2) is 17.6 Å². The van der Waals surface area contributed by atoms with Crippen molar-refractivity contribution >= 4 is 16.0 Å². The van der Waals surface area contributed by atoms with E-state index in [0.29, 0.717) is 16.9 Å². The Morgan fingerprint density at radius 3 is 2.60 bits per heavy atom. The van der Waals surface area contributed by atoms with Crippen molar-refractivity contribution in [2.45, 2.75) is 11.4 Å². The van der Waals surface area contributed by atoms with Crippen LogP contribution in [-0.2, 0) is 21.3 Å². The molecule has 0 bridgehead atoms. The monoisotopic (exact) mass is 365 g/mol. The summed E-state index contributed by atoms with van der Waals surface area (Å²) in [6.45, 7) is 0.372. The number of hydrogen-bond acceptors (Lipinski definition) is 5. The molecule has 8 heteroatoms. The molecular weight excluding hydrogens is 349 g/mol. The molecule has 1 aliphatic heterocycles. The highest BCUT2D eigenvalue weighted by atomic mass is 32.2. The van der Waals surface area contributed by atoms with Gasteiger partial charge in [0.2, 0.25) is 10.0 Å². The first kappa shape index (κ1) is 17.4. The van der Waals surface area contributed by atoms with Crippen LogP contribution in [0.1, 0.15) is 15.9 Å². The molecule has 3 rings (SSSR count). The van der Waals surface area contributed by atoms with Gasteiger partial charge in [0.1, 0.15) is 18.2 Å². The number of hydrogen-bond donors (Lipinski definition) is 0. The number of esters is 1. The molecule has 0 atom stereocenters. The summed E-state index contributed by atoms with van der Waals surface area (Å²) < 4.78 is 50.1. The minimum Gasteiger partial charge on any atom is -0.492 e. The lowest BCUT2D eigenvalue weighted by Gasteiger charge is -2.19. The molecule has 1 heterocycles. The molecule has 2 aromatic carbocycles. The van der Waals surface area contributed by atoms with Gasteiger partial charge < -0.3 is 9.47 Å². The molecule has 0 saturated carbocycles. The summed E-state index contributed by atoms with van der Waals surface area (Å²) in [5, 5.41) is 0. The van der Waals surface area contributed by atoms with Gasteiger partial charge in [0, 0.05) is 18.7 Å². The van der Waals surface area contributed by atoms with Crippen molar-refractivity contribution in [3.8, 4) is 5.75 Å². The first-order valence-corrected chi connectivity index (χ1v) is 8.95. The van der Waals surface area contributed by atoms with Crippen LogP contribution in [0.5, 0.6) is 5.75 Å². The standard InChI is InChI=1S/C17H16FNO5S/c1-23-17(20)12-2-3-13-11-19(8-9-24-16(13)10-12)25(21,22)15-6-4-14(18)5-7-15/h2-7,10H,8-9,11H2,1H3. The van der Waals surface area contributed by atoms with Crippen molar-refractivity contribution in [1.82, 2.24) is 4.31 Å². The molecule has 0 unspecified atom stereocenters. The van der Waals surface area contributed by atoms with E-state index in [9.17, 15) is 17.6 Å². The van der Waals surface area contributed by atoms with E-state index in [4.69, 9.17) is 4.74 Å². The second kappa shape index (κ2) is 6.81. The van der Waals surface area contributed by atoms with E-state index in [2.05, 4.69) is 4.74 Å². The Morgan fingerprint density at radius 1 is 1.20 bits per heavy atom. The van der Waals surface area contributed by atoms with Gasteiger partial charge in [-0.15, -0.1) is 0 Å². The summed E-state index contributed by atoms with van der Waals surface area (Å²) in [6.07, 6.45) is 0. The van der Waals surface area contributed by atoms with Crippen LogP contribution in [0.4, 0.5) is 4.39 Å². The number of benzene rings is 2. The van der Waals surface area contributed by atoms with Gasteiger partial charge >= 0.3 is 5.97 Å². The second-order valence-corrected chi connectivity index (χ2v) is 7.39. The molecule has 0 amide bonds. The molecule has 0 radical (unpaired) electrons. The highest BCUT2D eigenvalue weighted by Gasteiger charge is 2.28. The Balaban J connectivity index is 1.91. The smallest absolute Gasteiger partial charge is 0.337 e. The van der Waals surface area contributed by atoms with Crippen molar-refractivity contribution < 1.29 is 27.1 Å². The van der Waals surface area contributed by atoms with Gasteiger partial charge in [-0.2, -0.15) is 4.31 Å². The number of carbonyl (C=O) groups excluding carboxylic acids is 1. The Hall–Kier alpha value is -2.45. The van der Waals surface area contributed by atoms with Crippen LogP contribution in [0.25, 0.3) is 0 Å². The van der Waals surface area contributed by atoms with Crippen LogP contribution in [0.2, 0.25) is 0 Å². The quantitative estimate of drug-likeness (QED) is 0.780. The maximum absolute atomic E-state index is 13.0. The van der Waals surface area contributed by atoms with Crippen LogP contribution >= 0.6 is 0 Å². The molecule has 1 aliphatic rings. The highest BCUT2D eigenvalue weighted by molar-refractivity contribution is 7.89. The third-order valence-corrected chi connectivity index (χ3v) is 5.74. The van der Waals surface area contributed by atoms with E-state index in [-0.39, 0.29) is 24.6 Å². The summed E-state index contributed by atoms with van der Waals surface area (Å²) >= 11 is 0. The number of sulfonamides is 1. The lowest BCUT2D eigenvalue weighted by molar-refractivity contribution is 0.0600. The van der Waals surface area contributed by atoms with Gasteiger partial charge in [0.05, 0.1) is 17.6 Å². The van der Waals surface area contributed by atoms with Crippen molar-refractivity contribution in [2.24, 2.45) is 0 Å². The first-order valence-electron chi connectivity index (χ1n) is 7.51. The number of carbonyl (C=O) groups is 1. The Morgan fingerprint density at radius 2 is 1.92 bits per heavy atom. The fourth-order valence-corrected chi connectivity index (χ4v) is 3.95. The van der Waals surface area contributed by atoms with Gasteiger partial charge in [-0.1, -0.05) is 6.07 Å². The fourth-order valence-electron chi connectivity index (χ4n) is 2.55. The highest BCUT2D eigenvalue weighted by Crippen LogP contribution is 2.28. The van der Waals surface area contributed by atoms with Gasteiger partial charge in [0.25, 0.3) is 0 Å². The van der Waals surface area contributed by atoms with Crippen molar-refractivity contribution in [3.63, 3.8) is 0 Å². The maximum atomic E-state index is 13.0. The maximum Gasteiger partial charge on any atom is 0.337 e. The molecule has 6 nitrogen and oxygen atoms in total. The van der Waals surface area contributed by atoms with Gasteiger partial charge in [-0.3, -0.25) is 0 Å². The SMILES string of the molecule is COC(=O)c1ccc2c(c1)OCCN(S(=O)(=O)c1ccc(F)cc1)C2. The fraction of sp³-hybridized carbons (Fsp3) is 0.235. The Bertz CT molecular complexity index is 896. The number of halogens is 1. The summed E-state index contributed by atoms with van der Waals surface area (Å²) in [5.74, 6) is -0.551. The van der Waals surface area contributed by atoms with Crippen LogP contribution in [-0.4, -0.2) is 39.0 Å².